The van der Waals surface area contributed by atoms with Crippen LogP contribution >= 0.6 is 11.3 Å². The number of hydrogen-bond acceptors (Lipinski definition) is 6. The van der Waals surface area contributed by atoms with E-state index in [1.54, 1.807) is 13.1 Å². The summed E-state index contributed by atoms with van der Waals surface area (Å²) < 4.78 is 5.81. The van der Waals surface area contributed by atoms with E-state index in [-0.39, 0.29) is 17.4 Å². The van der Waals surface area contributed by atoms with Gasteiger partial charge in [0, 0.05) is 36.7 Å². The van der Waals surface area contributed by atoms with Gasteiger partial charge in [0.2, 0.25) is 0 Å². The van der Waals surface area contributed by atoms with Crippen LogP contribution in [-0.4, -0.2) is 45.0 Å². The summed E-state index contributed by atoms with van der Waals surface area (Å²) in [5.74, 6) is 1.45. The first kappa shape index (κ1) is 20.3. The molecule has 0 spiro atoms. The molecule has 1 aliphatic rings. The first-order valence-electron chi connectivity index (χ1n) is 10.0. The second kappa shape index (κ2) is 8.79. The van der Waals surface area contributed by atoms with Crippen LogP contribution in [0.5, 0.6) is 5.75 Å². The lowest BCUT2D eigenvalue weighted by atomic mass is 9.95. The Morgan fingerprint density at radius 1 is 1.27 bits per heavy atom. The molecule has 0 bridgehead atoms. The molecule has 1 saturated heterocycles. The molecular formula is C22H24N4O3S. The third-order valence-corrected chi connectivity index (χ3v) is 6.08. The molecule has 0 radical (unpaired) electrons. The zero-order valence-corrected chi connectivity index (χ0v) is 17.8. The molecule has 156 valence electrons. The predicted octanol–water partition coefficient (Wildman–Crippen LogP) is 3.38. The van der Waals surface area contributed by atoms with Crippen LogP contribution in [0.2, 0.25) is 0 Å². The van der Waals surface area contributed by atoms with Gasteiger partial charge in [0.15, 0.2) is 6.10 Å². The van der Waals surface area contributed by atoms with Crippen molar-refractivity contribution < 1.29 is 9.53 Å². The van der Waals surface area contributed by atoms with Gasteiger partial charge in [-0.3, -0.25) is 9.59 Å². The number of aryl methyl sites for hydroxylation is 1. The van der Waals surface area contributed by atoms with Crippen LogP contribution in [0.15, 0.2) is 46.7 Å². The molecule has 1 N–H and O–H groups in total. The number of carbonyl (C=O) groups excluding carboxylic acids is 1. The van der Waals surface area contributed by atoms with Gasteiger partial charge in [-0.15, -0.1) is 11.3 Å². The van der Waals surface area contributed by atoms with Crippen molar-refractivity contribution in [1.29, 1.82) is 0 Å². The van der Waals surface area contributed by atoms with Crippen LogP contribution in [0.3, 0.4) is 0 Å². The number of carbonyl (C=O) groups is 1. The number of aromatic nitrogens is 3. The maximum Gasteiger partial charge on any atom is 0.263 e. The maximum absolute atomic E-state index is 12.8. The minimum Gasteiger partial charge on any atom is -0.481 e. The lowest BCUT2D eigenvalue weighted by molar-refractivity contribution is -0.139. The van der Waals surface area contributed by atoms with Crippen molar-refractivity contribution in [3.8, 4) is 16.5 Å². The van der Waals surface area contributed by atoms with E-state index in [1.165, 1.54) is 17.4 Å². The number of thiazole rings is 1. The van der Waals surface area contributed by atoms with E-state index < -0.39 is 6.10 Å². The van der Waals surface area contributed by atoms with Crippen molar-refractivity contribution in [2.45, 2.75) is 38.7 Å². The zero-order valence-electron chi connectivity index (χ0n) is 17.0. The number of likely N-dealkylation sites (tertiary alicyclic amines) is 1. The molecule has 4 rings (SSSR count). The summed E-state index contributed by atoms with van der Waals surface area (Å²) in [4.78, 5) is 38.5. The van der Waals surface area contributed by atoms with Gasteiger partial charge in [0.1, 0.15) is 22.3 Å². The van der Waals surface area contributed by atoms with Crippen molar-refractivity contribution in [2.24, 2.45) is 0 Å². The zero-order chi connectivity index (χ0) is 21.1. The van der Waals surface area contributed by atoms with Gasteiger partial charge in [-0.1, -0.05) is 17.7 Å². The Kier molecular flexibility index (Phi) is 5.94. The van der Waals surface area contributed by atoms with Crippen molar-refractivity contribution in [3.05, 3.63) is 63.7 Å². The van der Waals surface area contributed by atoms with Gasteiger partial charge in [0.05, 0.1) is 0 Å². The van der Waals surface area contributed by atoms with E-state index in [1.807, 2.05) is 41.5 Å². The smallest absolute Gasteiger partial charge is 0.263 e. The average molecular weight is 425 g/mol. The Bertz CT molecular complexity index is 1050. The minimum atomic E-state index is -0.546. The first-order valence-corrected chi connectivity index (χ1v) is 10.9. The summed E-state index contributed by atoms with van der Waals surface area (Å²) in [5, 5.41) is 2.60. The third kappa shape index (κ3) is 4.59. The van der Waals surface area contributed by atoms with E-state index in [2.05, 4.69) is 15.0 Å². The average Bonchev–Trinajstić information content (AvgIpc) is 3.29. The molecule has 30 heavy (non-hydrogen) atoms. The van der Waals surface area contributed by atoms with E-state index in [9.17, 15) is 9.59 Å². The molecule has 0 aliphatic carbocycles. The first-order chi connectivity index (χ1) is 14.5. The third-order valence-electron chi connectivity index (χ3n) is 5.29. The number of nitrogens with zero attached hydrogens (tertiary/aromatic N) is 3. The number of H-pyrrole nitrogens is 1. The second-order valence-corrected chi connectivity index (χ2v) is 8.42. The van der Waals surface area contributed by atoms with Crippen LogP contribution < -0.4 is 10.3 Å². The molecule has 7 nitrogen and oxygen atoms in total. The van der Waals surface area contributed by atoms with E-state index >= 15 is 0 Å². The Morgan fingerprint density at radius 3 is 2.67 bits per heavy atom. The second-order valence-electron chi connectivity index (χ2n) is 7.53. The number of hydrogen-bond donors (Lipinski definition) is 1. The molecule has 1 fully saturated rings. The molecular weight excluding hydrogens is 400 g/mol. The summed E-state index contributed by atoms with van der Waals surface area (Å²) >= 11 is 1.46. The van der Waals surface area contributed by atoms with Gasteiger partial charge in [0.25, 0.3) is 11.5 Å². The largest absolute Gasteiger partial charge is 0.481 e. The summed E-state index contributed by atoms with van der Waals surface area (Å²) in [6, 6.07) is 9.16. The topological polar surface area (TPSA) is 88.2 Å². The summed E-state index contributed by atoms with van der Waals surface area (Å²) in [6.45, 7) is 5.01. The fraction of sp³-hybridized carbons (Fsp3) is 0.364. The Labute approximate surface area is 178 Å². The molecule has 3 heterocycles. The highest BCUT2D eigenvalue weighted by atomic mass is 32.1. The predicted molar refractivity (Wildman–Crippen MR) is 116 cm³/mol. The van der Waals surface area contributed by atoms with Crippen LogP contribution in [-0.2, 0) is 4.79 Å². The molecule has 1 atom stereocenters. The lowest BCUT2D eigenvalue weighted by Crippen LogP contribution is -2.44. The van der Waals surface area contributed by atoms with Gasteiger partial charge in [-0.05, 0) is 38.8 Å². The van der Waals surface area contributed by atoms with Gasteiger partial charge in [-0.25, -0.2) is 9.97 Å². The fourth-order valence-electron chi connectivity index (χ4n) is 3.63. The van der Waals surface area contributed by atoms with Crippen molar-refractivity contribution in [2.75, 3.05) is 13.1 Å². The molecule has 2 aromatic heterocycles. The molecule has 0 saturated carbocycles. The van der Waals surface area contributed by atoms with Crippen LogP contribution in [0.1, 0.15) is 37.1 Å². The highest BCUT2D eigenvalue weighted by Crippen LogP contribution is 2.27. The monoisotopic (exact) mass is 424 g/mol. The quantitative estimate of drug-likeness (QED) is 0.678. The Morgan fingerprint density at radius 2 is 2.00 bits per heavy atom. The van der Waals surface area contributed by atoms with Gasteiger partial charge in [-0.2, -0.15) is 0 Å². The van der Waals surface area contributed by atoms with Crippen molar-refractivity contribution in [3.63, 3.8) is 0 Å². The fourth-order valence-corrected chi connectivity index (χ4v) is 4.23. The molecule has 8 heteroatoms. The summed E-state index contributed by atoms with van der Waals surface area (Å²) in [5.41, 5.74) is 1.57. The maximum atomic E-state index is 12.8. The number of aromatic amines is 1. The van der Waals surface area contributed by atoms with Crippen molar-refractivity contribution >= 4 is 17.2 Å². The van der Waals surface area contributed by atoms with Crippen LogP contribution in [0.25, 0.3) is 10.7 Å². The summed E-state index contributed by atoms with van der Waals surface area (Å²) in [7, 11) is 0. The number of ether oxygens (including phenoxy) is 1. The van der Waals surface area contributed by atoms with Gasteiger partial charge < -0.3 is 14.6 Å². The molecule has 3 aromatic rings. The molecule has 1 amide bonds. The number of rotatable bonds is 5. The number of nitrogens with one attached hydrogen (secondary N) is 1. The Hall–Kier alpha value is -3.00. The van der Waals surface area contributed by atoms with E-state index in [0.717, 1.165) is 23.4 Å². The van der Waals surface area contributed by atoms with E-state index in [4.69, 9.17) is 4.74 Å². The molecule has 1 aromatic carbocycles. The number of amides is 1. The minimum absolute atomic E-state index is 0.0213. The van der Waals surface area contributed by atoms with Gasteiger partial charge >= 0.3 is 0 Å². The van der Waals surface area contributed by atoms with Crippen LogP contribution in [0, 0.1) is 6.92 Å². The van der Waals surface area contributed by atoms with Crippen LogP contribution in [0.4, 0.5) is 0 Å². The highest BCUT2D eigenvalue weighted by molar-refractivity contribution is 7.13. The highest BCUT2D eigenvalue weighted by Gasteiger charge is 2.29. The molecule has 1 unspecified atom stereocenters. The number of benzene rings is 1. The molecule has 1 aliphatic heterocycles. The normalized spacial score (nSPS) is 15.7. The SMILES string of the molecule is Cc1ccc(OC(C)C(=O)N2CCC(c3nc(-c4nccs4)cc(=O)[nH]3)CC2)cc1. The van der Waals surface area contributed by atoms with E-state index in [0.29, 0.717) is 30.4 Å². The number of piperidine rings is 1. The Balaban J connectivity index is 1.38. The standard InChI is InChI=1S/C22H24N4O3S/c1-14-3-5-17(6-4-14)29-15(2)22(28)26-10-7-16(8-11-26)20-24-18(13-19(27)25-20)21-23-9-12-30-21/h3-6,9,12-13,15-16H,7-8,10-11H2,1-2H3,(H,24,25,27). The van der Waals surface area contributed by atoms with Crippen molar-refractivity contribution in [1.82, 2.24) is 19.9 Å². The lowest BCUT2D eigenvalue weighted by Gasteiger charge is -2.33. The summed E-state index contributed by atoms with van der Waals surface area (Å²) in [6.07, 6.45) is 2.64.